The molecule has 18 heavy (non-hydrogen) atoms. The van der Waals surface area contributed by atoms with Gasteiger partial charge in [0, 0.05) is 16.7 Å². The molecular formula is C10H7BrN4O3. The van der Waals surface area contributed by atoms with Crippen molar-refractivity contribution in [2.24, 2.45) is 0 Å². The molecule has 0 saturated heterocycles. The molecular weight excluding hydrogens is 304 g/mol. The second-order valence-electron chi connectivity index (χ2n) is 3.33. The van der Waals surface area contributed by atoms with Crippen molar-refractivity contribution in [3.8, 4) is 0 Å². The Kier molecular flexibility index (Phi) is 3.38. The molecule has 0 aromatic carbocycles. The fraction of sp³-hybridized carbons (Fsp3) is 0. The van der Waals surface area contributed by atoms with Gasteiger partial charge in [0.15, 0.2) is 5.69 Å². The maximum atomic E-state index is 11.7. The third-order valence-corrected chi connectivity index (χ3v) is 2.57. The van der Waals surface area contributed by atoms with Gasteiger partial charge in [0.05, 0.1) is 0 Å². The van der Waals surface area contributed by atoms with Crippen LogP contribution in [0.3, 0.4) is 0 Å². The predicted molar refractivity (Wildman–Crippen MR) is 67.3 cm³/mol. The quantitative estimate of drug-likeness (QED) is 0.671. The smallest absolute Gasteiger partial charge is 0.321 e. The van der Waals surface area contributed by atoms with Crippen LogP contribution in [-0.4, -0.2) is 20.8 Å². The lowest BCUT2D eigenvalue weighted by molar-refractivity contribution is -0.389. The van der Waals surface area contributed by atoms with Crippen LogP contribution in [0.5, 0.6) is 0 Å². The summed E-state index contributed by atoms with van der Waals surface area (Å²) in [6.45, 7) is 0. The van der Waals surface area contributed by atoms with Crippen molar-refractivity contribution in [1.82, 2.24) is 9.97 Å². The molecule has 2 heterocycles. The standard InChI is InChI=1S/C10H7BrN4O3/c11-6-3-4-12-8(5-6)14-10(16)7-1-2-9(13-7)15(17)18/h1-5,13H,(H,12,14,16). The number of amides is 1. The van der Waals surface area contributed by atoms with Gasteiger partial charge in [-0.1, -0.05) is 15.9 Å². The summed E-state index contributed by atoms with van der Waals surface area (Å²) in [5.74, 6) is -0.373. The molecule has 0 fully saturated rings. The van der Waals surface area contributed by atoms with E-state index in [-0.39, 0.29) is 11.5 Å². The number of nitro groups is 1. The summed E-state index contributed by atoms with van der Waals surface area (Å²) in [6, 6.07) is 5.90. The topological polar surface area (TPSA) is 101 Å². The Bertz CT molecular complexity index is 611. The van der Waals surface area contributed by atoms with E-state index in [4.69, 9.17) is 0 Å². The van der Waals surface area contributed by atoms with Crippen LogP contribution in [0.15, 0.2) is 34.9 Å². The molecule has 0 unspecified atom stereocenters. The minimum atomic E-state index is -0.603. The number of hydrogen-bond donors (Lipinski definition) is 2. The third-order valence-electron chi connectivity index (χ3n) is 2.08. The zero-order valence-electron chi connectivity index (χ0n) is 8.88. The number of anilines is 1. The molecule has 0 spiro atoms. The summed E-state index contributed by atoms with van der Waals surface area (Å²) in [6.07, 6.45) is 1.52. The highest BCUT2D eigenvalue weighted by Gasteiger charge is 2.15. The van der Waals surface area contributed by atoms with Crippen LogP contribution in [0, 0.1) is 10.1 Å². The molecule has 0 aliphatic heterocycles. The molecule has 0 saturated carbocycles. The minimum Gasteiger partial charge on any atom is -0.358 e. The fourth-order valence-electron chi connectivity index (χ4n) is 1.28. The summed E-state index contributed by atoms with van der Waals surface area (Å²) in [5, 5.41) is 13.0. The number of hydrogen-bond acceptors (Lipinski definition) is 4. The van der Waals surface area contributed by atoms with Gasteiger partial charge in [0.25, 0.3) is 5.91 Å². The average Bonchev–Trinajstić information content (AvgIpc) is 2.78. The van der Waals surface area contributed by atoms with E-state index in [1.807, 2.05) is 0 Å². The van der Waals surface area contributed by atoms with E-state index in [0.717, 1.165) is 4.47 Å². The van der Waals surface area contributed by atoms with Crippen molar-refractivity contribution in [2.75, 3.05) is 5.32 Å². The predicted octanol–water partition coefficient (Wildman–Crippen LogP) is 2.33. The SMILES string of the molecule is O=C(Nc1cc(Br)ccn1)c1ccc([N+](=O)[O-])[nH]1. The van der Waals surface area contributed by atoms with Crippen molar-refractivity contribution in [1.29, 1.82) is 0 Å². The van der Waals surface area contributed by atoms with Gasteiger partial charge in [-0.3, -0.25) is 4.79 Å². The van der Waals surface area contributed by atoms with Crippen molar-refractivity contribution in [3.63, 3.8) is 0 Å². The summed E-state index contributed by atoms with van der Waals surface area (Å²) >= 11 is 3.24. The van der Waals surface area contributed by atoms with Crippen LogP contribution < -0.4 is 5.32 Å². The number of rotatable bonds is 3. The Hall–Kier alpha value is -2.22. The van der Waals surface area contributed by atoms with Gasteiger partial charge in [-0.15, -0.1) is 0 Å². The second kappa shape index (κ2) is 4.96. The van der Waals surface area contributed by atoms with Crippen LogP contribution in [0.25, 0.3) is 0 Å². The minimum absolute atomic E-state index is 0.100. The van der Waals surface area contributed by atoms with Gasteiger partial charge >= 0.3 is 5.82 Å². The molecule has 2 rings (SSSR count). The van der Waals surface area contributed by atoms with Crippen LogP contribution in [0.2, 0.25) is 0 Å². The molecule has 2 N–H and O–H groups in total. The molecule has 2 aromatic rings. The zero-order chi connectivity index (χ0) is 13.1. The lowest BCUT2D eigenvalue weighted by atomic mass is 10.4. The normalized spacial score (nSPS) is 10.1. The summed E-state index contributed by atoms with van der Waals surface area (Å²) < 4.78 is 0.769. The van der Waals surface area contributed by atoms with Crippen molar-refractivity contribution in [3.05, 3.63) is 50.7 Å². The van der Waals surface area contributed by atoms with E-state index < -0.39 is 10.8 Å². The maximum Gasteiger partial charge on any atom is 0.321 e. The average molecular weight is 311 g/mol. The number of aromatic nitrogens is 2. The van der Waals surface area contributed by atoms with Gasteiger partial charge in [-0.2, -0.15) is 0 Å². The number of H-pyrrole nitrogens is 1. The van der Waals surface area contributed by atoms with E-state index in [1.54, 1.807) is 12.1 Å². The summed E-state index contributed by atoms with van der Waals surface area (Å²) in [4.78, 5) is 27.9. The molecule has 0 atom stereocenters. The lowest BCUT2D eigenvalue weighted by Crippen LogP contribution is -2.13. The van der Waals surface area contributed by atoms with Gasteiger partial charge in [-0.25, -0.2) is 9.97 Å². The number of carbonyl (C=O) groups is 1. The van der Waals surface area contributed by atoms with E-state index in [9.17, 15) is 14.9 Å². The maximum absolute atomic E-state index is 11.7. The van der Waals surface area contributed by atoms with Crippen molar-refractivity contribution < 1.29 is 9.72 Å². The number of halogens is 1. The molecule has 1 amide bonds. The largest absolute Gasteiger partial charge is 0.358 e. The number of carbonyl (C=O) groups excluding carboxylic acids is 1. The number of aromatic amines is 1. The fourth-order valence-corrected chi connectivity index (χ4v) is 1.61. The molecule has 2 aromatic heterocycles. The molecule has 92 valence electrons. The molecule has 0 aliphatic rings. The first-order valence-electron chi connectivity index (χ1n) is 4.82. The Morgan fingerprint density at radius 3 is 2.83 bits per heavy atom. The summed E-state index contributed by atoms with van der Waals surface area (Å²) in [7, 11) is 0. The van der Waals surface area contributed by atoms with Gasteiger partial charge in [0.1, 0.15) is 5.82 Å². The Labute approximate surface area is 110 Å². The Balaban J connectivity index is 2.14. The first-order chi connectivity index (χ1) is 8.56. The summed E-state index contributed by atoms with van der Waals surface area (Å²) in [5.41, 5.74) is 0.100. The molecule has 0 bridgehead atoms. The highest BCUT2D eigenvalue weighted by molar-refractivity contribution is 9.10. The van der Waals surface area contributed by atoms with Crippen LogP contribution in [-0.2, 0) is 0 Å². The number of pyridine rings is 1. The first-order valence-corrected chi connectivity index (χ1v) is 5.62. The number of nitrogens with one attached hydrogen (secondary N) is 2. The van der Waals surface area contributed by atoms with Crippen LogP contribution in [0.1, 0.15) is 10.5 Å². The van der Waals surface area contributed by atoms with Gasteiger partial charge in [-0.05, 0) is 23.1 Å². The Morgan fingerprint density at radius 1 is 1.44 bits per heavy atom. The van der Waals surface area contributed by atoms with E-state index in [0.29, 0.717) is 5.82 Å². The van der Waals surface area contributed by atoms with Crippen LogP contribution in [0.4, 0.5) is 11.6 Å². The van der Waals surface area contributed by atoms with Gasteiger partial charge in [0.2, 0.25) is 0 Å². The van der Waals surface area contributed by atoms with Crippen LogP contribution >= 0.6 is 15.9 Å². The Morgan fingerprint density at radius 2 is 2.22 bits per heavy atom. The lowest BCUT2D eigenvalue weighted by Gasteiger charge is -2.01. The molecule has 7 nitrogen and oxygen atoms in total. The molecule has 0 radical (unpaired) electrons. The molecule has 0 aliphatic carbocycles. The third kappa shape index (κ3) is 2.72. The van der Waals surface area contributed by atoms with E-state index in [2.05, 4.69) is 31.2 Å². The van der Waals surface area contributed by atoms with Crippen molar-refractivity contribution in [2.45, 2.75) is 0 Å². The second-order valence-corrected chi connectivity index (χ2v) is 4.24. The van der Waals surface area contributed by atoms with E-state index >= 15 is 0 Å². The number of nitrogens with zero attached hydrogens (tertiary/aromatic N) is 2. The van der Waals surface area contributed by atoms with E-state index in [1.165, 1.54) is 18.3 Å². The zero-order valence-corrected chi connectivity index (χ0v) is 10.5. The van der Waals surface area contributed by atoms with Gasteiger partial charge < -0.3 is 15.4 Å². The monoisotopic (exact) mass is 310 g/mol. The highest BCUT2D eigenvalue weighted by atomic mass is 79.9. The molecule has 8 heteroatoms. The first kappa shape index (κ1) is 12.2. The highest BCUT2D eigenvalue weighted by Crippen LogP contribution is 2.15. The van der Waals surface area contributed by atoms with Crippen molar-refractivity contribution >= 4 is 33.5 Å².